The van der Waals surface area contributed by atoms with Gasteiger partial charge in [-0.05, 0) is 12.8 Å². The monoisotopic (exact) mass is 297 g/mol. The highest BCUT2D eigenvalue weighted by Gasteiger charge is 2.31. The van der Waals surface area contributed by atoms with E-state index >= 15 is 0 Å². The molecule has 1 aromatic heterocycles. The maximum Gasteiger partial charge on any atom is 0.287 e. The van der Waals surface area contributed by atoms with E-state index < -0.39 is 11.0 Å². The molecule has 116 valence electrons. The largest absolute Gasteiger partial charge is 0.389 e. The molecule has 0 spiro atoms. The molecule has 0 aromatic carbocycles. The second-order valence-electron chi connectivity index (χ2n) is 5.27. The summed E-state index contributed by atoms with van der Waals surface area (Å²) in [6.45, 7) is 0.234. The van der Waals surface area contributed by atoms with E-state index in [1.807, 2.05) is 0 Å². The minimum atomic E-state index is -0.789. The minimum absolute atomic E-state index is 0.0870. The molecule has 8 heteroatoms. The van der Waals surface area contributed by atoms with Crippen molar-refractivity contribution in [3.8, 4) is 0 Å². The summed E-state index contributed by atoms with van der Waals surface area (Å²) in [7, 11) is 3.02. The molecule has 0 saturated heterocycles. The van der Waals surface area contributed by atoms with E-state index in [1.165, 1.54) is 24.3 Å². The molecule has 1 fully saturated rings. The van der Waals surface area contributed by atoms with Gasteiger partial charge in [0.05, 0.1) is 23.8 Å². The Kier molecular flexibility index (Phi) is 4.59. The Morgan fingerprint density at radius 2 is 2.33 bits per heavy atom. The quantitative estimate of drug-likeness (QED) is 0.593. The molecule has 1 saturated carbocycles. The van der Waals surface area contributed by atoms with E-state index in [1.54, 1.807) is 11.6 Å². The summed E-state index contributed by atoms with van der Waals surface area (Å²) >= 11 is 0. The molecule has 0 radical (unpaired) electrons. The molecule has 1 aliphatic carbocycles. The number of methoxy groups -OCH3 is 1. The van der Waals surface area contributed by atoms with Gasteiger partial charge in [0.1, 0.15) is 5.69 Å². The van der Waals surface area contributed by atoms with E-state index in [0.717, 1.165) is 12.8 Å². The average Bonchev–Trinajstić information content (AvgIpc) is 3.16. The number of aromatic nitrogens is 1. The summed E-state index contributed by atoms with van der Waals surface area (Å²) in [4.78, 5) is 24.1. The molecule has 1 unspecified atom stereocenters. The van der Waals surface area contributed by atoms with Crippen LogP contribution in [-0.2, 0) is 4.74 Å². The van der Waals surface area contributed by atoms with Crippen LogP contribution in [0.5, 0.6) is 0 Å². The molecule has 1 amide bonds. The average molecular weight is 297 g/mol. The number of nitrogens with zero attached hydrogens (tertiary/aromatic N) is 3. The lowest BCUT2D eigenvalue weighted by atomic mass is 10.3. The first kappa shape index (κ1) is 15.5. The summed E-state index contributed by atoms with van der Waals surface area (Å²) in [5, 5.41) is 20.5. The first-order valence-corrected chi connectivity index (χ1v) is 6.72. The van der Waals surface area contributed by atoms with Gasteiger partial charge in [-0.15, -0.1) is 0 Å². The van der Waals surface area contributed by atoms with Crippen LogP contribution >= 0.6 is 0 Å². The molecule has 1 N–H and O–H groups in total. The van der Waals surface area contributed by atoms with Gasteiger partial charge in [-0.25, -0.2) is 0 Å². The number of aliphatic hydroxyl groups excluding tert-OH is 1. The van der Waals surface area contributed by atoms with Crippen LogP contribution in [0.15, 0.2) is 12.3 Å². The molecular formula is C13H19N3O5. The van der Waals surface area contributed by atoms with Crippen molar-refractivity contribution in [2.45, 2.75) is 25.0 Å². The topological polar surface area (TPSA) is 97.8 Å². The lowest BCUT2D eigenvalue weighted by Gasteiger charge is -2.21. The predicted molar refractivity (Wildman–Crippen MR) is 74.2 cm³/mol. The molecule has 1 aliphatic rings. The normalized spacial score (nSPS) is 15.8. The minimum Gasteiger partial charge on any atom is -0.389 e. The van der Waals surface area contributed by atoms with Crippen molar-refractivity contribution < 1.29 is 19.6 Å². The Morgan fingerprint density at radius 1 is 1.67 bits per heavy atom. The zero-order valence-corrected chi connectivity index (χ0v) is 12.1. The summed E-state index contributed by atoms with van der Waals surface area (Å²) < 4.78 is 6.48. The van der Waals surface area contributed by atoms with Crippen LogP contribution in [0.2, 0.25) is 0 Å². The highest BCUT2D eigenvalue weighted by Crippen LogP contribution is 2.38. The highest BCUT2D eigenvalue weighted by molar-refractivity contribution is 5.93. The van der Waals surface area contributed by atoms with Crippen molar-refractivity contribution in [3.05, 3.63) is 28.1 Å². The second-order valence-corrected chi connectivity index (χ2v) is 5.27. The van der Waals surface area contributed by atoms with E-state index in [-0.39, 0.29) is 36.5 Å². The number of carbonyl (C=O) groups excluding carboxylic acids is 1. The number of hydrogen-bond acceptors (Lipinski definition) is 5. The van der Waals surface area contributed by atoms with Gasteiger partial charge in [-0.1, -0.05) is 0 Å². The van der Waals surface area contributed by atoms with Gasteiger partial charge in [0.2, 0.25) is 0 Å². The SMILES string of the molecule is COCC(O)CN(C)C(=O)c1cc([N+](=O)[O-])cn1C1CC1. The lowest BCUT2D eigenvalue weighted by Crippen LogP contribution is -2.37. The van der Waals surface area contributed by atoms with Crippen LogP contribution in [0, 0.1) is 10.1 Å². The molecule has 21 heavy (non-hydrogen) atoms. The summed E-state index contributed by atoms with van der Waals surface area (Å²) in [6, 6.07) is 1.45. The lowest BCUT2D eigenvalue weighted by molar-refractivity contribution is -0.384. The van der Waals surface area contributed by atoms with E-state index in [0.29, 0.717) is 0 Å². The molecule has 1 atom stereocenters. The molecule has 2 rings (SSSR count). The van der Waals surface area contributed by atoms with Crippen LogP contribution in [0.4, 0.5) is 5.69 Å². The first-order valence-electron chi connectivity index (χ1n) is 6.72. The number of likely N-dealkylation sites (N-methyl/N-ethyl adjacent to an activating group) is 1. The van der Waals surface area contributed by atoms with Crippen molar-refractivity contribution in [2.24, 2.45) is 0 Å². The molecule has 1 heterocycles. The number of carbonyl (C=O) groups is 1. The maximum absolute atomic E-state index is 12.4. The Labute approximate surface area is 122 Å². The Bertz CT molecular complexity index is 538. The van der Waals surface area contributed by atoms with Gasteiger partial charge < -0.3 is 19.3 Å². The van der Waals surface area contributed by atoms with Crippen molar-refractivity contribution in [3.63, 3.8) is 0 Å². The van der Waals surface area contributed by atoms with Crippen LogP contribution in [0.25, 0.3) is 0 Å². The third-order valence-corrected chi connectivity index (χ3v) is 3.39. The number of rotatable bonds is 7. The van der Waals surface area contributed by atoms with Gasteiger partial charge in [0.15, 0.2) is 0 Å². The summed E-state index contributed by atoms with van der Waals surface area (Å²) in [5.74, 6) is -0.342. The van der Waals surface area contributed by atoms with Crippen molar-refractivity contribution in [1.29, 1.82) is 0 Å². The van der Waals surface area contributed by atoms with Crippen molar-refractivity contribution >= 4 is 11.6 Å². The molecule has 1 aromatic rings. The fourth-order valence-electron chi connectivity index (χ4n) is 2.23. The van der Waals surface area contributed by atoms with Gasteiger partial charge in [-0.2, -0.15) is 0 Å². The van der Waals surface area contributed by atoms with Gasteiger partial charge in [0, 0.05) is 32.8 Å². The molecular weight excluding hydrogens is 278 g/mol. The smallest absolute Gasteiger partial charge is 0.287 e. The number of hydrogen-bond donors (Lipinski definition) is 1. The second kappa shape index (κ2) is 6.23. The number of aliphatic hydroxyl groups is 1. The van der Waals surface area contributed by atoms with Crippen LogP contribution < -0.4 is 0 Å². The van der Waals surface area contributed by atoms with Crippen LogP contribution in [-0.4, -0.2) is 58.8 Å². The number of nitro groups is 1. The van der Waals surface area contributed by atoms with Gasteiger partial charge in [0.25, 0.3) is 11.6 Å². The molecule has 0 bridgehead atoms. The van der Waals surface area contributed by atoms with Crippen LogP contribution in [0.3, 0.4) is 0 Å². The Hall–Kier alpha value is -1.93. The third kappa shape index (κ3) is 3.59. The van der Waals surface area contributed by atoms with Gasteiger partial charge in [-0.3, -0.25) is 14.9 Å². The van der Waals surface area contributed by atoms with E-state index in [2.05, 4.69) is 0 Å². The zero-order valence-electron chi connectivity index (χ0n) is 12.1. The van der Waals surface area contributed by atoms with Crippen molar-refractivity contribution in [2.75, 3.05) is 27.3 Å². The summed E-state index contributed by atoms with van der Waals surface area (Å²) in [5.41, 5.74) is 0.201. The van der Waals surface area contributed by atoms with Crippen molar-refractivity contribution in [1.82, 2.24) is 9.47 Å². The predicted octanol–water partition coefficient (Wildman–Crippen LogP) is 0.810. The van der Waals surface area contributed by atoms with Gasteiger partial charge >= 0.3 is 0 Å². The zero-order chi connectivity index (χ0) is 15.6. The fraction of sp³-hybridized carbons (Fsp3) is 0.615. The first-order chi connectivity index (χ1) is 9.93. The fourth-order valence-corrected chi connectivity index (χ4v) is 2.23. The molecule has 0 aliphatic heterocycles. The third-order valence-electron chi connectivity index (χ3n) is 3.39. The van der Waals surface area contributed by atoms with Crippen LogP contribution in [0.1, 0.15) is 29.4 Å². The standard InChI is InChI=1S/C13H19N3O5/c1-14(7-11(17)8-21-2)13(18)12-5-10(16(19)20)6-15(12)9-3-4-9/h5-6,9,11,17H,3-4,7-8H2,1-2H3. The maximum atomic E-state index is 12.4. The number of ether oxygens (including phenoxy) is 1. The molecule has 8 nitrogen and oxygen atoms in total. The summed E-state index contributed by atoms with van der Waals surface area (Å²) in [6.07, 6.45) is 2.46. The van der Waals surface area contributed by atoms with E-state index in [9.17, 15) is 20.0 Å². The Morgan fingerprint density at radius 3 is 2.86 bits per heavy atom. The highest BCUT2D eigenvalue weighted by atomic mass is 16.6. The number of amides is 1. The van der Waals surface area contributed by atoms with E-state index in [4.69, 9.17) is 4.74 Å². The Balaban J connectivity index is 2.15.